The van der Waals surface area contributed by atoms with Gasteiger partial charge in [0.15, 0.2) is 17.3 Å². The maximum absolute atomic E-state index is 13.9. The molecule has 0 saturated carbocycles. The molecule has 88 valence electrons. The highest BCUT2D eigenvalue weighted by molar-refractivity contribution is 9.10. The first-order valence-electron chi connectivity index (χ1n) is 4.78. The van der Waals surface area contributed by atoms with Crippen molar-refractivity contribution in [3.8, 4) is 5.75 Å². The van der Waals surface area contributed by atoms with E-state index in [0.29, 0.717) is 4.47 Å². The van der Waals surface area contributed by atoms with Crippen molar-refractivity contribution >= 4 is 21.7 Å². The number of benzene rings is 1. The molecule has 0 atom stereocenters. The summed E-state index contributed by atoms with van der Waals surface area (Å²) in [7, 11) is 1.36. The molecule has 3 nitrogen and oxygen atoms in total. The number of nitrogens with two attached hydrogens (primary N) is 1. The Balaban J connectivity index is 3.31. The Morgan fingerprint density at radius 3 is 2.75 bits per heavy atom. The molecule has 0 spiro atoms. The quantitative estimate of drug-likeness (QED) is 0.866. The molecule has 0 saturated heterocycles. The van der Waals surface area contributed by atoms with E-state index in [1.807, 2.05) is 0 Å². The fraction of sp³-hybridized carbons (Fsp3) is 0.364. The highest BCUT2D eigenvalue weighted by Gasteiger charge is 2.19. The largest absolute Gasteiger partial charge is 0.492 e. The van der Waals surface area contributed by atoms with Crippen molar-refractivity contribution in [1.29, 1.82) is 0 Å². The Labute approximate surface area is 102 Å². The zero-order valence-electron chi connectivity index (χ0n) is 9.14. The van der Waals surface area contributed by atoms with Gasteiger partial charge >= 0.3 is 0 Å². The van der Waals surface area contributed by atoms with Gasteiger partial charge in [-0.3, -0.25) is 4.79 Å². The lowest BCUT2D eigenvalue weighted by Crippen LogP contribution is -2.11. The smallest absolute Gasteiger partial charge is 0.177 e. The van der Waals surface area contributed by atoms with Crippen LogP contribution >= 0.6 is 15.9 Å². The van der Waals surface area contributed by atoms with E-state index in [0.717, 1.165) is 5.56 Å². The fourth-order valence-corrected chi connectivity index (χ4v) is 1.84. The molecule has 1 aromatic carbocycles. The van der Waals surface area contributed by atoms with Crippen LogP contribution in [0.2, 0.25) is 0 Å². The molecule has 0 aliphatic carbocycles. The molecule has 0 aliphatic heterocycles. The maximum atomic E-state index is 13.9. The molecule has 5 heteroatoms. The molecule has 0 fully saturated rings. The van der Waals surface area contributed by atoms with E-state index in [1.54, 1.807) is 6.92 Å². The third-order valence-electron chi connectivity index (χ3n) is 2.22. The average molecular weight is 290 g/mol. The van der Waals surface area contributed by atoms with Crippen molar-refractivity contribution < 1.29 is 13.9 Å². The van der Waals surface area contributed by atoms with Gasteiger partial charge < -0.3 is 10.5 Å². The Kier molecular flexibility index (Phi) is 4.44. The topological polar surface area (TPSA) is 52.3 Å². The van der Waals surface area contributed by atoms with E-state index in [-0.39, 0.29) is 30.1 Å². The zero-order valence-corrected chi connectivity index (χ0v) is 10.7. The number of halogens is 2. The van der Waals surface area contributed by atoms with Crippen LogP contribution in [-0.4, -0.2) is 19.4 Å². The number of ketones is 1. The number of rotatable bonds is 4. The molecule has 0 aromatic heterocycles. The van der Waals surface area contributed by atoms with Crippen LogP contribution in [0.25, 0.3) is 0 Å². The Bertz CT molecular complexity index is 421. The second kappa shape index (κ2) is 5.41. The second-order valence-corrected chi connectivity index (χ2v) is 4.16. The van der Waals surface area contributed by atoms with Gasteiger partial charge in [-0.15, -0.1) is 0 Å². The van der Waals surface area contributed by atoms with Gasteiger partial charge in [0, 0.05) is 6.42 Å². The molecule has 0 unspecified atom stereocenters. The zero-order chi connectivity index (χ0) is 12.3. The first-order chi connectivity index (χ1) is 7.52. The van der Waals surface area contributed by atoms with Crippen LogP contribution in [0.15, 0.2) is 10.5 Å². The van der Waals surface area contributed by atoms with Crippen LogP contribution in [0.3, 0.4) is 0 Å². The van der Waals surface area contributed by atoms with Gasteiger partial charge in [0.25, 0.3) is 0 Å². The van der Waals surface area contributed by atoms with Crippen LogP contribution in [0, 0.1) is 12.7 Å². The fourth-order valence-electron chi connectivity index (χ4n) is 1.39. The first-order valence-corrected chi connectivity index (χ1v) is 5.58. The minimum Gasteiger partial charge on any atom is -0.492 e. The number of hydrogen-bond donors (Lipinski definition) is 1. The lowest BCUT2D eigenvalue weighted by Gasteiger charge is -2.11. The maximum Gasteiger partial charge on any atom is 0.177 e. The Morgan fingerprint density at radius 2 is 2.25 bits per heavy atom. The normalized spacial score (nSPS) is 10.3. The molecule has 0 heterocycles. The van der Waals surface area contributed by atoms with Crippen molar-refractivity contribution in [2.45, 2.75) is 13.3 Å². The predicted octanol–water partition coefficient (Wildman–Crippen LogP) is 2.44. The van der Waals surface area contributed by atoms with Gasteiger partial charge in [-0.25, -0.2) is 4.39 Å². The van der Waals surface area contributed by atoms with Gasteiger partial charge in [0.1, 0.15) is 0 Å². The van der Waals surface area contributed by atoms with E-state index < -0.39 is 5.82 Å². The molecule has 0 bridgehead atoms. The summed E-state index contributed by atoms with van der Waals surface area (Å²) in [6.45, 7) is 1.97. The molecule has 0 aliphatic rings. The number of carbonyl (C=O) groups excluding carboxylic acids is 1. The van der Waals surface area contributed by atoms with E-state index in [4.69, 9.17) is 10.5 Å². The number of carbonyl (C=O) groups is 1. The lowest BCUT2D eigenvalue weighted by molar-refractivity contribution is 0.0980. The summed E-state index contributed by atoms with van der Waals surface area (Å²) < 4.78 is 19.3. The summed E-state index contributed by atoms with van der Waals surface area (Å²) >= 11 is 3.21. The van der Waals surface area contributed by atoms with Crippen LogP contribution in [0.1, 0.15) is 22.3 Å². The highest BCUT2D eigenvalue weighted by atomic mass is 79.9. The average Bonchev–Trinajstić information content (AvgIpc) is 2.24. The standard InChI is InChI=1S/C11H13BrFNO2/c1-6-5-7(8(15)3-4-14)10(13)11(16-2)9(6)12/h5H,3-4,14H2,1-2H3. The van der Waals surface area contributed by atoms with Crippen molar-refractivity contribution in [2.75, 3.05) is 13.7 Å². The number of Topliss-reactive ketones (excluding diaryl/α,β-unsaturated/α-hetero) is 1. The summed E-state index contributed by atoms with van der Waals surface area (Å²) in [5.74, 6) is -0.896. The minimum absolute atomic E-state index is 0.0306. The molecule has 0 amide bonds. The van der Waals surface area contributed by atoms with E-state index >= 15 is 0 Å². The molecule has 1 rings (SSSR count). The van der Waals surface area contributed by atoms with Gasteiger partial charge in [-0.1, -0.05) is 0 Å². The van der Waals surface area contributed by atoms with E-state index in [2.05, 4.69) is 15.9 Å². The van der Waals surface area contributed by atoms with Gasteiger partial charge in [-0.05, 0) is 41.0 Å². The third-order valence-corrected chi connectivity index (χ3v) is 3.20. The van der Waals surface area contributed by atoms with Crippen LogP contribution in [-0.2, 0) is 0 Å². The molecular weight excluding hydrogens is 277 g/mol. The SMILES string of the molecule is COc1c(F)c(C(=O)CCN)cc(C)c1Br. The van der Waals surface area contributed by atoms with Gasteiger partial charge in [0.05, 0.1) is 17.1 Å². The predicted molar refractivity (Wildman–Crippen MR) is 63.4 cm³/mol. The summed E-state index contributed by atoms with van der Waals surface area (Å²) in [6, 6.07) is 1.50. The Morgan fingerprint density at radius 1 is 1.62 bits per heavy atom. The second-order valence-electron chi connectivity index (χ2n) is 3.36. The van der Waals surface area contributed by atoms with Crippen molar-refractivity contribution in [2.24, 2.45) is 5.73 Å². The van der Waals surface area contributed by atoms with Gasteiger partial charge in [0.2, 0.25) is 0 Å². The number of ether oxygens (including phenoxy) is 1. The molecule has 0 radical (unpaired) electrons. The first kappa shape index (κ1) is 13.1. The van der Waals surface area contributed by atoms with Crippen molar-refractivity contribution in [3.05, 3.63) is 27.5 Å². The lowest BCUT2D eigenvalue weighted by atomic mass is 10.0. The number of methoxy groups -OCH3 is 1. The summed E-state index contributed by atoms with van der Waals surface area (Å²) in [5.41, 5.74) is 6.05. The summed E-state index contributed by atoms with van der Waals surface area (Å²) in [4.78, 5) is 11.6. The molecular formula is C11H13BrFNO2. The summed E-state index contributed by atoms with van der Waals surface area (Å²) in [5, 5.41) is 0. The summed E-state index contributed by atoms with van der Waals surface area (Å²) in [6.07, 6.45) is 0.126. The van der Waals surface area contributed by atoms with E-state index in [9.17, 15) is 9.18 Å². The number of aryl methyl sites for hydroxylation is 1. The van der Waals surface area contributed by atoms with Crippen LogP contribution in [0.5, 0.6) is 5.75 Å². The molecule has 1 aromatic rings. The van der Waals surface area contributed by atoms with E-state index in [1.165, 1.54) is 13.2 Å². The third kappa shape index (κ3) is 2.41. The Hall–Kier alpha value is -0.940. The van der Waals surface area contributed by atoms with Gasteiger partial charge in [-0.2, -0.15) is 0 Å². The minimum atomic E-state index is -0.640. The highest BCUT2D eigenvalue weighted by Crippen LogP contribution is 2.33. The molecule has 2 N–H and O–H groups in total. The monoisotopic (exact) mass is 289 g/mol. The number of hydrogen-bond acceptors (Lipinski definition) is 3. The van der Waals surface area contributed by atoms with Crippen LogP contribution < -0.4 is 10.5 Å². The van der Waals surface area contributed by atoms with Crippen molar-refractivity contribution in [3.63, 3.8) is 0 Å². The van der Waals surface area contributed by atoms with Crippen LogP contribution in [0.4, 0.5) is 4.39 Å². The van der Waals surface area contributed by atoms with Crippen molar-refractivity contribution in [1.82, 2.24) is 0 Å². The molecule has 16 heavy (non-hydrogen) atoms.